The summed E-state index contributed by atoms with van der Waals surface area (Å²) >= 11 is 1.76. The third-order valence-electron chi connectivity index (χ3n) is 2.37. The Kier molecular flexibility index (Phi) is 4.78. The van der Waals surface area contributed by atoms with Crippen LogP contribution in [-0.4, -0.2) is 24.2 Å². The predicted molar refractivity (Wildman–Crippen MR) is 62.4 cm³/mol. The van der Waals surface area contributed by atoms with E-state index in [1.165, 1.54) is 10.4 Å². The van der Waals surface area contributed by atoms with Gasteiger partial charge in [0.25, 0.3) is 0 Å². The maximum Gasteiger partial charge on any atom is 0.307 e. The van der Waals surface area contributed by atoms with E-state index in [1.807, 2.05) is 0 Å². The van der Waals surface area contributed by atoms with E-state index in [4.69, 9.17) is 5.11 Å². The molecule has 1 aromatic heterocycles. The van der Waals surface area contributed by atoms with Gasteiger partial charge in [-0.05, 0) is 36.9 Å². The molecule has 0 aliphatic heterocycles. The SMILES string of the molecule is Cc1ccsc1CCNCC(C)C(=O)O. The molecule has 0 saturated carbocycles. The summed E-state index contributed by atoms with van der Waals surface area (Å²) in [6.07, 6.45) is 0.982. The van der Waals surface area contributed by atoms with E-state index in [-0.39, 0.29) is 5.92 Å². The Labute approximate surface area is 94.1 Å². The number of hydrogen-bond acceptors (Lipinski definition) is 3. The number of carboxylic acid groups (broad SMARTS) is 1. The Hall–Kier alpha value is -0.870. The van der Waals surface area contributed by atoms with Crippen LogP contribution >= 0.6 is 11.3 Å². The van der Waals surface area contributed by atoms with Gasteiger partial charge in [-0.25, -0.2) is 0 Å². The van der Waals surface area contributed by atoms with Gasteiger partial charge in [0.2, 0.25) is 0 Å². The molecule has 1 aromatic rings. The van der Waals surface area contributed by atoms with Crippen LogP contribution in [0.5, 0.6) is 0 Å². The molecule has 0 radical (unpaired) electrons. The van der Waals surface area contributed by atoms with Gasteiger partial charge in [0, 0.05) is 11.4 Å². The van der Waals surface area contributed by atoms with E-state index in [0.29, 0.717) is 6.54 Å². The van der Waals surface area contributed by atoms with Crippen molar-refractivity contribution >= 4 is 17.3 Å². The van der Waals surface area contributed by atoms with Crippen LogP contribution in [0, 0.1) is 12.8 Å². The molecule has 0 aliphatic carbocycles. The monoisotopic (exact) mass is 227 g/mol. The van der Waals surface area contributed by atoms with Crippen LogP contribution in [0.2, 0.25) is 0 Å². The van der Waals surface area contributed by atoms with E-state index in [2.05, 4.69) is 23.7 Å². The van der Waals surface area contributed by atoms with Crippen LogP contribution in [-0.2, 0) is 11.2 Å². The molecule has 1 unspecified atom stereocenters. The van der Waals surface area contributed by atoms with Crippen LogP contribution in [0.4, 0.5) is 0 Å². The van der Waals surface area contributed by atoms with Crippen LogP contribution in [0.1, 0.15) is 17.4 Å². The summed E-state index contributed by atoms with van der Waals surface area (Å²) in [6.45, 7) is 5.20. The highest BCUT2D eigenvalue weighted by Gasteiger charge is 2.09. The van der Waals surface area contributed by atoms with E-state index < -0.39 is 5.97 Å². The summed E-state index contributed by atoms with van der Waals surface area (Å²) in [5.74, 6) is -1.05. The molecule has 3 nitrogen and oxygen atoms in total. The smallest absolute Gasteiger partial charge is 0.307 e. The lowest BCUT2D eigenvalue weighted by atomic mass is 10.2. The maximum absolute atomic E-state index is 10.5. The molecule has 0 aliphatic rings. The molecular weight excluding hydrogens is 210 g/mol. The van der Waals surface area contributed by atoms with Crippen LogP contribution in [0.3, 0.4) is 0 Å². The lowest BCUT2D eigenvalue weighted by Crippen LogP contribution is -2.27. The summed E-state index contributed by atoms with van der Waals surface area (Å²) < 4.78 is 0. The molecule has 1 rings (SSSR count). The molecule has 0 saturated heterocycles. The lowest BCUT2D eigenvalue weighted by Gasteiger charge is -2.07. The molecule has 84 valence electrons. The van der Waals surface area contributed by atoms with E-state index in [0.717, 1.165) is 13.0 Å². The van der Waals surface area contributed by atoms with Crippen molar-refractivity contribution in [1.82, 2.24) is 5.32 Å². The number of carboxylic acids is 1. The first-order valence-corrected chi connectivity index (χ1v) is 5.95. The standard InChI is InChI=1S/C11H17NO2S/c1-8-4-6-15-10(8)3-5-12-7-9(2)11(13)14/h4,6,9,12H,3,5,7H2,1-2H3,(H,13,14). The second-order valence-corrected chi connectivity index (χ2v) is 4.72. The molecule has 1 atom stereocenters. The van der Waals surface area contributed by atoms with E-state index in [1.54, 1.807) is 18.3 Å². The highest BCUT2D eigenvalue weighted by molar-refractivity contribution is 7.10. The predicted octanol–water partition coefficient (Wildman–Crippen LogP) is 1.91. The average molecular weight is 227 g/mol. The maximum atomic E-state index is 10.5. The Morgan fingerprint density at radius 1 is 1.67 bits per heavy atom. The van der Waals surface area contributed by atoms with Gasteiger partial charge in [0.1, 0.15) is 0 Å². The Morgan fingerprint density at radius 2 is 2.40 bits per heavy atom. The van der Waals surface area contributed by atoms with Gasteiger partial charge in [-0.1, -0.05) is 6.92 Å². The second kappa shape index (κ2) is 5.88. The molecule has 0 spiro atoms. The zero-order valence-corrected chi connectivity index (χ0v) is 9.93. The van der Waals surface area contributed by atoms with Crippen molar-refractivity contribution < 1.29 is 9.90 Å². The minimum atomic E-state index is -0.741. The van der Waals surface area contributed by atoms with Crippen LogP contribution in [0.15, 0.2) is 11.4 Å². The fourth-order valence-corrected chi connectivity index (χ4v) is 2.18. The van der Waals surface area contributed by atoms with E-state index in [9.17, 15) is 4.79 Å². The molecule has 0 fully saturated rings. The van der Waals surface area contributed by atoms with Crippen molar-refractivity contribution in [3.8, 4) is 0 Å². The van der Waals surface area contributed by atoms with Gasteiger partial charge >= 0.3 is 5.97 Å². The topological polar surface area (TPSA) is 49.3 Å². The summed E-state index contributed by atoms with van der Waals surface area (Å²) in [6, 6.07) is 2.11. The molecule has 0 amide bonds. The Morgan fingerprint density at radius 3 is 2.93 bits per heavy atom. The molecule has 2 N–H and O–H groups in total. The lowest BCUT2D eigenvalue weighted by molar-refractivity contribution is -0.140. The van der Waals surface area contributed by atoms with Crippen molar-refractivity contribution in [2.45, 2.75) is 20.3 Å². The first kappa shape index (κ1) is 12.2. The number of aliphatic carboxylic acids is 1. The van der Waals surface area contributed by atoms with Gasteiger partial charge < -0.3 is 10.4 Å². The van der Waals surface area contributed by atoms with Crippen molar-refractivity contribution in [2.24, 2.45) is 5.92 Å². The van der Waals surface area contributed by atoms with Crippen molar-refractivity contribution in [3.05, 3.63) is 21.9 Å². The number of thiophene rings is 1. The van der Waals surface area contributed by atoms with E-state index >= 15 is 0 Å². The first-order valence-electron chi connectivity index (χ1n) is 5.07. The van der Waals surface area contributed by atoms with Crippen LogP contribution < -0.4 is 5.32 Å². The number of rotatable bonds is 6. The summed E-state index contributed by atoms with van der Waals surface area (Å²) in [5.41, 5.74) is 1.33. The summed E-state index contributed by atoms with van der Waals surface area (Å²) in [4.78, 5) is 11.9. The molecule has 15 heavy (non-hydrogen) atoms. The molecule has 4 heteroatoms. The van der Waals surface area contributed by atoms with Crippen molar-refractivity contribution in [3.63, 3.8) is 0 Å². The first-order chi connectivity index (χ1) is 7.11. The van der Waals surface area contributed by atoms with Gasteiger partial charge in [-0.3, -0.25) is 4.79 Å². The zero-order valence-electron chi connectivity index (χ0n) is 9.12. The third kappa shape index (κ3) is 4.01. The highest BCUT2D eigenvalue weighted by Crippen LogP contribution is 2.15. The Balaban J connectivity index is 2.17. The molecular formula is C11H17NO2S. The second-order valence-electron chi connectivity index (χ2n) is 3.72. The van der Waals surface area contributed by atoms with Crippen molar-refractivity contribution in [1.29, 1.82) is 0 Å². The number of nitrogens with one attached hydrogen (secondary N) is 1. The quantitative estimate of drug-likeness (QED) is 0.730. The van der Waals surface area contributed by atoms with Gasteiger partial charge in [-0.15, -0.1) is 11.3 Å². The highest BCUT2D eigenvalue weighted by atomic mass is 32.1. The van der Waals surface area contributed by atoms with Gasteiger partial charge in [-0.2, -0.15) is 0 Å². The minimum absolute atomic E-state index is 0.311. The molecule has 0 bridgehead atoms. The van der Waals surface area contributed by atoms with Crippen molar-refractivity contribution in [2.75, 3.05) is 13.1 Å². The molecule has 1 heterocycles. The minimum Gasteiger partial charge on any atom is -0.481 e. The zero-order chi connectivity index (χ0) is 11.3. The molecule has 0 aromatic carbocycles. The number of hydrogen-bond donors (Lipinski definition) is 2. The third-order valence-corrected chi connectivity index (χ3v) is 3.45. The van der Waals surface area contributed by atoms with Gasteiger partial charge in [0.15, 0.2) is 0 Å². The van der Waals surface area contributed by atoms with Crippen LogP contribution in [0.25, 0.3) is 0 Å². The Bertz CT molecular complexity index is 322. The average Bonchev–Trinajstić information content (AvgIpc) is 2.58. The largest absolute Gasteiger partial charge is 0.481 e. The number of carbonyl (C=O) groups is 1. The summed E-state index contributed by atoms with van der Waals surface area (Å²) in [7, 11) is 0. The van der Waals surface area contributed by atoms with Gasteiger partial charge in [0.05, 0.1) is 5.92 Å². The fraction of sp³-hybridized carbons (Fsp3) is 0.545. The summed E-state index contributed by atoms with van der Waals surface area (Å²) in [5, 5.41) is 13.9. The normalized spacial score (nSPS) is 12.7. The number of aryl methyl sites for hydroxylation is 1. The fourth-order valence-electron chi connectivity index (χ4n) is 1.27.